The van der Waals surface area contributed by atoms with Gasteiger partial charge in [-0.2, -0.15) is 0 Å². The highest BCUT2D eigenvalue weighted by molar-refractivity contribution is 7.13. The monoisotopic (exact) mass is 310 g/mol. The van der Waals surface area contributed by atoms with Gasteiger partial charge in [0.05, 0.1) is 12.2 Å². The average Bonchev–Trinajstić information content (AvgIpc) is 2.87. The second-order valence-electron chi connectivity index (χ2n) is 5.96. The van der Waals surface area contributed by atoms with Crippen molar-refractivity contribution in [1.29, 1.82) is 0 Å². The molecular formula is C16H26N2O2S. The minimum absolute atomic E-state index is 0.264. The summed E-state index contributed by atoms with van der Waals surface area (Å²) in [6.45, 7) is 8.36. The van der Waals surface area contributed by atoms with Crippen LogP contribution in [0.5, 0.6) is 0 Å². The molecule has 0 aromatic carbocycles. The van der Waals surface area contributed by atoms with Crippen molar-refractivity contribution < 1.29 is 9.90 Å². The number of hydrogen-bond acceptors (Lipinski definition) is 4. The SMILES string of the molecule is CCC(CC)c1nc(CN2CCCCC2C)sc1C(=O)O. The number of nitrogens with zero attached hydrogens (tertiary/aromatic N) is 2. The van der Waals surface area contributed by atoms with Gasteiger partial charge in [0.1, 0.15) is 9.88 Å². The minimum Gasteiger partial charge on any atom is -0.477 e. The average molecular weight is 310 g/mol. The molecule has 1 aromatic rings. The zero-order valence-electron chi connectivity index (χ0n) is 13.3. The maximum atomic E-state index is 11.5. The van der Waals surface area contributed by atoms with E-state index in [0.717, 1.165) is 36.6 Å². The maximum Gasteiger partial charge on any atom is 0.347 e. The van der Waals surface area contributed by atoms with Crippen LogP contribution in [0.25, 0.3) is 0 Å². The van der Waals surface area contributed by atoms with E-state index < -0.39 is 5.97 Å². The second-order valence-corrected chi connectivity index (χ2v) is 7.04. The first-order valence-electron chi connectivity index (χ1n) is 8.03. The summed E-state index contributed by atoms with van der Waals surface area (Å²) in [6.07, 6.45) is 5.66. The van der Waals surface area contributed by atoms with Crippen molar-refractivity contribution in [2.24, 2.45) is 0 Å². The van der Waals surface area contributed by atoms with E-state index in [2.05, 4.69) is 25.7 Å². The lowest BCUT2D eigenvalue weighted by Gasteiger charge is -2.32. The Hall–Kier alpha value is -0.940. The van der Waals surface area contributed by atoms with Crippen LogP contribution in [0.2, 0.25) is 0 Å². The first-order valence-corrected chi connectivity index (χ1v) is 8.85. The fourth-order valence-electron chi connectivity index (χ4n) is 3.12. The number of carbonyl (C=O) groups is 1. The topological polar surface area (TPSA) is 53.4 Å². The third kappa shape index (κ3) is 3.83. The van der Waals surface area contributed by atoms with Crippen molar-refractivity contribution in [2.45, 2.75) is 71.4 Å². The van der Waals surface area contributed by atoms with Crippen LogP contribution >= 0.6 is 11.3 Å². The van der Waals surface area contributed by atoms with Gasteiger partial charge >= 0.3 is 5.97 Å². The second kappa shape index (κ2) is 7.36. The molecule has 1 aliphatic heterocycles. The molecule has 1 aromatic heterocycles. The minimum atomic E-state index is -0.827. The lowest BCUT2D eigenvalue weighted by Crippen LogP contribution is -2.36. The van der Waals surface area contributed by atoms with Crippen LogP contribution < -0.4 is 0 Å². The van der Waals surface area contributed by atoms with E-state index in [0.29, 0.717) is 10.9 Å². The van der Waals surface area contributed by atoms with Gasteiger partial charge in [-0.1, -0.05) is 20.3 Å². The van der Waals surface area contributed by atoms with Crippen molar-refractivity contribution in [3.8, 4) is 0 Å². The molecule has 1 aliphatic rings. The molecule has 0 saturated carbocycles. The predicted octanol–water partition coefficient (Wildman–Crippen LogP) is 4.12. The fourth-order valence-corrected chi connectivity index (χ4v) is 4.13. The first kappa shape index (κ1) is 16.4. The molecule has 0 amide bonds. The molecule has 0 spiro atoms. The molecule has 0 aliphatic carbocycles. The van der Waals surface area contributed by atoms with Crippen molar-refractivity contribution in [3.63, 3.8) is 0 Å². The predicted molar refractivity (Wildman–Crippen MR) is 86.1 cm³/mol. The Morgan fingerprint density at radius 2 is 2.14 bits per heavy atom. The van der Waals surface area contributed by atoms with E-state index in [1.165, 1.54) is 30.6 Å². The van der Waals surface area contributed by atoms with Gasteiger partial charge < -0.3 is 5.11 Å². The van der Waals surface area contributed by atoms with Crippen molar-refractivity contribution >= 4 is 17.3 Å². The van der Waals surface area contributed by atoms with Gasteiger partial charge in [0.25, 0.3) is 0 Å². The number of rotatable bonds is 6. The third-order valence-electron chi connectivity index (χ3n) is 4.54. The summed E-state index contributed by atoms with van der Waals surface area (Å²) in [5.74, 6) is -0.563. The van der Waals surface area contributed by atoms with Crippen LogP contribution in [0.4, 0.5) is 0 Å². The third-order valence-corrected chi connectivity index (χ3v) is 5.59. The molecular weight excluding hydrogens is 284 g/mol. The summed E-state index contributed by atoms with van der Waals surface area (Å²) in [5, 5.41) is 10.4. The zero-order valence-corrected chi connectivity index (χ0v) is 14.1. The highest BCUT2D eigenvalue weighted by atomic mass is 32.1. The molecule has 118 valence electrons. The molecule has 4 nitrogen and oxygen atoms in total. The van der Waals surface area contributed by atoms with Gasteiger partial charge in [0.15, 0.2) is 0 Å². The summed E-state index contributed by atoms with van der Waals surface area (Å²) in [7, 11) is 0. The summed E-state index contributed by atoms with van der Waals surface area (Å²) in [4.78, 5) is 19.1. The van der Waals surface area contributed by atoms with Gasteiger partial charge in [-0.05, 0) is 39.2 Å². The molecule has 1 atom stereocenters. The number of aromatic carboxylic acids is 1. The van der Waals surface area contributed by atoms with E-state index in [4.69, 9.17) is 4.98 Å². The van der Waals surface area contributed by atoms with Gasteiger partial charge in [0, 0.05) is 12.0 Å². The molecule has 0 radical (unpaired) electrons. The number of piperidine rings is 1. The molecule has 1 saturated heterocycles. The standard InChI is InChI=1S/C16H26N2O2S/c1-4-12(5-2)14-15(16(19)20)21-13(17-14)10-18-9-7-6-8-11(18)3/h11-12H,4-10H2,1-3H3,(H,19,20). The Bertz CT molecular complexity index is 483. The number of hydrogen-bond donors (Lipinski definition) is 1. The maximum absolute atomic E-state index is 11.5. The molecule has 21 heavy (non-hydrogen) atoms. The number of likely N-dealkylation sites (tertiary alicyclic amines) is 1. The van der Waals surface area contributed by atoms with E-state index >= 15 is 0 Å². The highest BCUT2D eigenvalue weighted by Gasteiger charge is 2.25. The molecule has 1 unspecified atom stereocenters. The summed E-state index contributed by atoms with van der Waals surface area (Å²) in [6, 6.07) is 0.576. The van der Waals surface area contributed by atoms with E-state index in [1.807, 2.05) is 0 Å². The zero-order chi connectivity index (χ0) is 15.4. The van der Waals surface area contributed by atoms with Gasteiger partial charge in [-0.25, -0.2) is 9.78 Å². The van der Waals surface area contributed by atoms with Crippen LogP contribution in [0, 0.1) is 0 Å². The number of aromatic nitrogens is 1. The van der Waals surface area contributed by atoms with E-state index in [1.54, 1.807) is 0 Å². The van der Waals surface area contributed by atoms with Gasteiger partial charge in [-0.15, -0.1) is 11.3 Å². The largest absolute Gasteiger partial charge is 0.477 e. The van der Waals surface area contributed by atoms with Crippen LogP contribution in [0.3, 0.4) is 0 Å². The van der Waals surface area contributed by atoms with Crippen molar-refractivity contribution in [2.75, 3.05) is 6.54 Å². The van der Waals surface area contributed by atoms with Gasteiger partial charge in [-0.3, -0.25) is 4.90 Å². The number of carboxylic acids is 1. The highest BCUT2D eigenvalue weighted by Crippen LogP contribution is 2.31. The first-order chi connectivity index (χ1) is 10.1. The molecule has 2 rings (SSSR count). The van der Waals surface area contributed by atoms with Gasteiger partial charge in [0.2, 0.25) is 0 Å². The Kier molecular flexibility index (Phi) is 5.76. The van der Waals surface area contributed by atoms with Crippen LogP contribution in [-0.4, -0.2) is 33.5 Å². The Labute approximate surface area is 131 Å². The fraction of sp³-hybridized carbons (Fsp3) is 0.750. The quantitative estimate of drug-likeness (QED) is 0.858. The number of thiazole rings is 1. The van der Waals surface area contributed by atoms with Crippen LogP contribution in [0.15, 0.2) is 0 Å². The van der Waals surface area contributed by atoms with Crippen molar-refractivity contribution in [3.05, 3.63) is 15.6 Å². The summed E-state index contributed by atoms with van der Waals surface area (Å²) in [5.41, 5.74) is 0.803. The van der Waals surface area contributed by atoms with E-state index in [-0.39, 0.29) is 5.92 Å². The lowest BCUT2D eigenvalue weighted by molar-refractivity contribution is 0.0700. The molecule has 1 fully saturated rings. The Morgan fingerprint density at radius 3 is 2.71 bits per heavy atom. The molecule has 1 N–H and O–H groups in total. The Morgan fingerprint density at radius 1 is 1.43 bits per heavy atom. The summed E-state index contributed by atoms with van der Waals surface area (Å²) >= 11 is 1.37. The normalized spacial score (nSPS) is 20.1. The van der Waals surface area contributed by atoms with Crippen molar-refractivity contribution in [1.82, 2.24) is 9.88 Å². The number of carboxylic acid groups (broad SMARTS) is 1. The Balaban J connectivity index is 2.20. The van der Waals surface area contributed by atoms with Crippen LogP contribution in [-0.2, 0) is 6.54 Å². The smallest absolute Gasteiger partial charge is 0.347 e. The molecule has 5 heteroatoms. The lowest BCUT2D eigenvalue weighted by atomic mass is 9.98. The molecule has 0 bridgehead atoms. The van der Waals surface area contributed by atoms with Crippen LogP contribution in [0.1, 0.15) is 79.2 Å². The summed E-state index contributed by atoms with van der Waals surface area (Å²) < 4.78 is 0. The molecule has 2 heterocycles. The van der Waals surface area contributed by atoms with E-state index in [9.17, 15) is 9.90 Å².